The molecule has 1 heterocycles. The SMILES string of the molecule is CCOc1ccc(C(=O)CCN2CCOCC2)cc1.[Cl-]. The van der Waals surface area contributed by atoms with Crippen molar-refractivity contribution in [3.05, 3.63) is 29.8 Å². The number of carbonyl (C=O) groups is 1. The molecule has 20 heavy (non-hydrogen) atoms. The normalized spacial score (nSPS) is 15.4. The highest BCUT2D eigenvalue weighted by atomic mass is 35.5. The van der Waals surface area contributed by atoms with Crippen LogP contribution >= 0.6 is 0 Å². The van der Waals surface area contributed by atoms with Crippen LogP contribution in [0.1, 0.15) is 23.7 Å². The van der Waals surface area contributed by atoms with Gasteiger partial charge in [0.15, 0.2) is 5.78 Å². The number of ketones is 1. The summed E-state index contributed by atoms with van der Waals surface area (Å²) in [5, 5.41) is 0. The maximum Gasteiger partial charge on any atom is 0.164 e. The zero-order valence-electron chi connectivity index (χ0n) is 11.8. The maximum atomic E-state index is 12.1. The fourth-order valence-corrected chi connectivity index (χ4v) is 2.13. The van der Waals surface area contributed by atoms with Gasteiger partial charge in [0.2, 0.25) is 0 Å². The van der Waals surface area contributed by atoms with Crippen molar-refractivity contribution in [2.75, 3.05) is 39.5 Å². The fourth-order valence-electron chi connectivity index (χ4n) is 2.13. The van der Waals surface area contributed by atoms with E-state index in [1.807, 2.05) is 31.2 Å². The Balaban J connectivity index is 0.00000200. The van der Waals surface area contributed by atoms with E-state index in [1.54, 1.807) is 0 Å². The van der Waals surface area contributed by atoms with Crippen LogP contribution in [0.15, 0.2) is 24.3 Å². The lowest BCUT2D eigenvalue weighted by Gasteiger charge is -2.26. The first kappa shape index (κ1) is 17.0. The molecule has 0 saturated carbocycles. The molecule has 0 N–H and O–H groups in total. The number of hydrogen-bond donors (Lipinski definition) is 0. The van der Waals surface area contributed by atoms with E-state index in [0.717, 1.165) is 44.2 Å². The van der Waals surface area contributed by atoms with Crippen molar-refractivity contribution in [2.45, 2.75) is 13.3 Å². The summed E-state index contributed by atoms with van der Waals surface area (Å²) >= 11 is 0. The Hall–Kier alpha value is -1.10. The van der Waals surface area contributed by atoms with Crippen molar-refractivity contribution in [3.63, 3.8) is 0 Å². The second kappa shape index (κ2) is 8.95. The van der Waals surface area contributed by atoms with E-state index in [2.05, 4.69) is 4.90 Å². The van der Waals surface area contributed by atoms with Crippen molar-refractivity contribution in [2.24, 2.45) is 0 Å². The minimum Gasteiger partial charge on any atom is -1.00 e. The van der Waals surface area contributed by atoms with Gasteiger partial charge in [-0.25, -0.2) is 0 Å². The lowest BCUT2D eigenvalue weighted by molar-refractivity contribution is -0.0000131. The molecule has 0 bridgehead atoms. The molecule has 5 heteroatoms. The van der Waals surface area contributed by atoms with Gasteiger partial charge in [-0.15, -0.1) is 0 Å². The predicted molar refractivity (Wildman–Crippen MR) is 73.8 cm³/mol. The van der Waals surface area contributed by atoms with E-state index in [1.165, 1.54) is 0 Å². The van der Waals surface area contributed by atoms with Crippen molar-refractivity contribution in [3.8, 4) is 5.75 Å². The van der Waals surface area contributed by atoms with E-state index in [4.69, 9.17) is 9.47 Å². The summed E-state index contributed by atoms with van der Waals surface area (Å²) in [5.74, 6) is 1.00. The van der Waals surface area contributed by atoms with Crippen LogP contribution in [-0.4, -0.2) is 50.1 Å². The third kappa shape index (κ3) is 5.12. The molecule has 1 aromatic rings. The van der Waals surface area contributed by atoms with Crippen molar-refractivity contribution in [1.82, 2.24) is 4.90 Å². The summed E-state index contributed by atoms with van der Waals surface area (Å²) in [5.41, 5.74) is 0.761. The van der Waals surface area contributed by atoms with Gasteiger partial charge in [-0.3, -0.25) is 9.69 Å². The summed E-state index contributed by atoms with van der Waals surface area (Å²) in [4.78, 5) is 14.3. The molecule has 1 aromatic carbocycles. The second-order valence-electron chi connectivity index (χ2n) is 4.58. The molecule has 0 aliphatic carbocycles. The molecule has 4 nitrogen and oxygen atoms in total. The van der Waals surface area contributed by atoms with Gasteiger partial charge in [0.25, 0.3) is 0 Å². The lowest BCUT2D eigenvalue weighted by atomic mass is 10.1. The number of hydrogen-bond acceptors (Lipinski definition) is 4. The van der Waals surface area contributed by atoms with E-state index in [0.29, 0.717) is 13.0 Å². The van der Waals surface area contributed by atoms with Crippen LogP contribution in [-0.2, 0) is 4.74 Å². The van der Waals surface area contributed by atoms with Crippen LogP contribution in [0.2, 0.25) is 0 Å². The summed E-state index contributed by atoms with van der Waals surface area (Å²) in [6, 6.07) is 7.39. The minimum absolute atomic E-state index is 0. The number of Topliss-reactive ketones (excluding diaryl/α,β-unsaturated/α-hetero) is 1. The van der Waals surface area contributed by atoms with Gasteiger partial charge < -0.3 is 21.9 Å². The smallest absolute Gasteiger partial charge is 0.164 e. The number of carbonyl (C=O) groups excluding carboxylic acids is 1. The molecule has 0 atom stereocenters. The number of rotatable bonds is 6. The van der Waals surface area contributed by atoms with Crippen LogP contribution < -0.4 is 17.1 Å². The molecular weight excluding hydrogens is 278 g/mol. The van der Waals surface area contributed by atoms with E-state index in [9.17, 15) is 4.79 Å². The lowest BCUT2D eigenvalue weighted by Crippen LogP contribution is -3.00. The number of morpholine rings is 1. The fraction of sp³-hybridized carbons (Fsp3) is 0.533. The van der Waals surface area contributed by atoms with Gasteiger partial charge in [-0.2, -0.15) is 0 Å². The third-order valence-electron chi connectivity index (χ3n) is 3.25. The molecule has 0 spiro atoms. The molecule has 1 aliphatic rings. The van der Waals surface area contributed by atoms with Gasteiger partial charge in [0, 0.05) is 31.6 Å². The Bertz CT molecular complexity index is 402. The number of nitrogens with zero attached hydrogens (tertiary/aromatic N) is 1. The van der Waals surface area contributed by atoms with Crippen LogP contribution in [0.5, 0.6) is 5.75 Å². The van der Waals surface area contributed by atoms with Gasteiger partial charge >= 0.3 is 0 Å². The van der Waals surface area contributed by atoms with Crippen LogP contribution in [0.3, 0.4) is 0 Å². The van der Waals surface area contributed by atoms with Crippen molar-refractivity contribution in [1.29, 1.82) is 0 Å². The largest absolute Gasteiger partial charge is 1.00 e. The van der Waals surface area contributed by atoms with Crippen LogP contribution in [0, 0.1) is 0 Å². The highest BCUT2D eigenvalue weighted by Gasteiger charge is 2.13. The molecule has 1 saturated heterocycles. The molecule has 2 rings (SSSR count). The average molecular weight is 299 g/mol. The summed E-state index contributed by atoms with van der Waals surface area (Å²) in [7, 11) is 0. The van der Waals surface area contributed by atoms with E-state index < -0.39 is 0 Å². The Morgan fingerprint density at radius 1 is 1.25 bits per heavy atom. The number of ether oxygens (including phenoxy) is 2. The standard InChI is InChI=1S/C15H21NO3.ClH/c1-2-19-14-5-3-13(4-6-14)15(17)7-8-16-9-11-18-12-10-16;/h3-6H,2,7-12H2,1H3;1H/p-1. The Morgan fingerprint density at radius 2 is 1.90 bits per heavy atom. The molecule has 1 fully saturated rings. The van der Waals surface area contributed by atoms with E-state index in [-0.39, 0.29) is 18.2 Å². The molecular formula is C15H21ClNO3-. The Morgan fingerprint density at radius 3 is 2.50 bits per heavy atom. The molecule has 0 amide bonds. The van der Waals surface area contributed by atoms with Crippen LogP contribution in [0.25, 0.3) is 0 Å². The van der Waals surface area contributed by atoms with Gasteiger partial charge in [-0.1, -0.05) is 0 Å². The highest BCUT2D eigenvalue weighted by Crippen LogP contribution is 2.13. The number of halogens is 1. The highest BCUT2D eigenvalue weighted by molar-refractivity contribution is 5.96. The van der Waals surface area contributed by atoms with Crippen LogP contribution in [0.4, 0.5) is 0 Å². The summed E-state index contributed by atoms with van der Waals surface area (Å²) < 4.78 is 10.6. The topological polar surface area (TPSA) is 38.8 Å². The molecule has 112 valence electrons. The third-order valence-corrected chi connectivity index (χ3v) is 3.25. The Kier molecular flexibility index (Phi) is 7.59. The van der Waals surface area contributed by atoms with Crippen molar-refractivity contribution >= 4 is 5.78 Å². The van der Waals surface area contributed by atoms with E-state index >= 15 is 0 Å². The zero-order valence-corrected chi connectivity index (χ0v) is 12.6. The molecule has 0 unspecified atom stereocenters. The molecule has 1 aliphatic heterocycles. The monoisotopic (exact) mass is 298 g/mol. The van der Waals surface area contributed by atoms with Crippen molar-refractivity contribution < 1.29 is 26.7 Å². The summed E-state index contributed by atoms with van der Waals surface area (Å²) in [6.07, 6.45) is 0.563. The first-order valence-corrected chi connectivity index (χ1v) is 6.85. The summed E-state index contributed by atoms with van der Waals surface area (Å²) in [6.45, 7) is 6.81. The molecule has 0 aromatic heterocycles. The van der Waals surface area contributed by atoms with Gasteiger partial charge in [-0.05, 0) is 31.2 Å². The Labute approximate surface area is 126 Å². The van der Waals surface area contributed by atoms with Gasteiger partial charge in [0.05, 0.1) is 19.8 Å². The minimum atomic E-state index is 0. The first-order valence-electron chi connectivity index (χ1n) is 6.85. The number of benzene rings is 1. The average Bonchev–Trinajstić information content (AvgIpc) is 2.47. The first-order chi connectivity index (χ1) is 9.29. The zero-order chi connectivity index (χ0) is 13.5. The molecule has 0 radical (unpaired) electrons. The second-order valence-corrected chi connectivity index (χ2v) is 4.58. The maximum absolute atomic E-state index is 12.1. The van der Waals surface area contributed by atoms with Gasteiger partial charge in [0.1, 0.15) is 5.75 Å². The quantitative estimate of drug-likeness (QED) is 0.631. The predicted octanol–water partition coefficient (Wildman–Crippen LogP) is -1.01.